The molecule has 146 valence electrons. The molecule has 2 aromatic rings. The van der Waals surface area contributed by atoms with Gasteiger partial charge in [0.2, 0.25) is 0 Å². The third-order valence-electron chi connectivity index (χ3n) is 5.57. The molecular formula is C22H24N2O3S. The predicted molar refractivity (Wildman–Crippen MR) is 111 cm³/mol. The molecule has 1 saturated carbocycles. The van der Waals surface area contributed by atoms with E-state index in [-0.39, 0.29) is 10.9 Å². The SMILES string of the molecule is CN1c2ccccc2C(c2ccccc2)=C(C(=O)NC2CCCCC2)S1(=O)=O. The van der Waals surface area contributed by atoms with Crippen LogP contribution in [-0.2, 0) is 14.8 Å². The molecule has 2 aromatic carbocycles. The van der Waals surface area contributed by atoms with Gasteiger partial charge in [0.25, 0.3) is 15.9 Å². The van der Waals surface area contributed by atoms with Crippen LogP contribution >= 0.6 is 0 Å². The van der Waals surface area contributed by atoms with Crippen LogP contribution in [0.1, 0.15) is 43.2 Å². The highest BCUT2D eigenvalue weighted by molar-refractivity contribution is 7.97. The number of benzene rings is 2. The lowest BCUT2D eigenvalue weighted by Gasteiger charge is -2.32. The summed E-state index contributed by atoms with van der Waals surface area (Å²) in [6, 6.07) is 16.6. The van der Waals surface area contributed by atoms with Crippen molar-refractivity contribution in [2.24, 2.45) is 0 Å². The van der Waals surface area contributed by atoms with Crippen LogP contribution in [0.3, 0.4) is 0 Å². The lowest BCUT2D eigenvalue weighted by atomic mass is 9.94. The number of carbonyl (C=O) groups excluding carboxylic acids is 1. The molecule has 0 radical (unpaired) electrons. The number of hydrogen-bond donors (Lipinski definition) is 1. The summed E-state index contributed by atoms with van der Waals surface area (Å²) in [6.07, 6.45) is 5.08. The van der Waals surface area contributed by atoms with E-state index in [9.17, 15) is 13.2 Å². The highest BCUT2D eigenvalue weighted by atomic mass is 32.2. The number of nitrogens with zero attached hydrogens (tertiary/aromatic N) is 1. The lowest BCUT2D eigenvalue weighted by molar-refractivity contribution is -0.117. The van der Waals surface area contributed by atoms with Crippen LogP contribution in [0.2, 0.25) is 0 Å². The molecule has 1 heterocycles. The summed E-state index contributed by atoms with van der Waals surface area (Å²) in [5, 5.41) is 2.99. The Hall–Kier alpha value is -2.60. The number of anilines is 1. The Morgan fingerprint density at radius 2 is 1.61 bits per heavy atom. The van der Waals surface area contributed by atoms with Gasteiger partial charge in [0, 0.05) is 24.2 Å². The minimum atomic E-state index is -3.96. The number of rotatable bonds is 3. The standard InChI is InChI=1S/C22H24N2O3S/c1-24-19-15-9-8-14-18(19)20(16-10-4-2-5-11-16)21(28(24,26)27)22(25)23-17-12-6-3-7-13-17/h2,4-5,8-11,14-15,17H,3,6-7,12-13H2,1H3,(H,23,25). The topological polar surface area (TPSA) is 66.5 Å². The molecule has 1 fully saturated rings. The molecule has 0 spiro atoms. The second kappa shape index (κ2) is 7.43. The smallest absolute Gasteiger partial charge is 0.270 e. The van der Waals surface area contributed by atoms with Gasteiger partial charge >= 0.3 is 0 Å². The Kier molecular flexibility index (Phi) is 4.98. The average Bonchev–Trinajstić information content (AvgIpc) is 2.72. The Morgan fingerprint density at radius 3 is 2.32 bits per heavy atom. The van der Waals surface area contributed by atoms with E-state index in [4.69, 9.17) is 0 Å². The zero-order valence-electron chi connectivity index (χ0n) is 15.9. The Morgan fingerprint density at radius 1 is 0.964 bits per heavy atom. The first-order chi connectivity index (χ1) is 13.5. The molecule has 1 amide bonds. The van der Waals surface area contributed by atoms with Gasteiger partial charge in [0.15, 0.2) is 4.91 Å². The van der Waals surface area contributed by atoms with Gasteiger partial charge in [-0.2, -0.15) is 0 Å². The Labute approximate surface area is 166 Å². The number of carbonyl (C=O) groups is 1. The summed E-state index contributed by atoms with van der Waals surface area (Å²) >= 11 is 0. The number of sulfonamides is 1. The molecule has 0 unspecified atom stereocenters. The maximum absolute atomic E-state index is 13.3. The van der Waals surface area contributed by atoms with Crippen LogP contribution in [0.5, 0.6) is 0 Å². The molecule has 1 aliphatic heterocycles. The lowest BCUT2D eigenvalue weighted by Crippen LogP contribution is -2.43. The largest absolute Gasteiger partial charge is 0.349 e. The highest BCUT2D eigenvalue weighted by Crippen LogP contribution is 2.42. The first kappa shape index (κ1) is 18.7. The molecule has 1 aliphatic carbocycles. The van der Waals surface area contributed by atoms with Gasteiger partial charge in [0.1, 0.15) is 0 Å². The van der Waals surface area contributed by atoms with Crippen LogP contribution in [0.4, 0.5) is 5.69 Å². The van der Waals surface area contributed by atoms with E-state index < -0.39 is 15.9 Å². The minimum absolute atomic E-state index is 0.0310. The third-order valence-corrected chi connectivity index (χ3v) is 7.39. The van der Waals surface area contributed by atoms with Crippen LogP contribution in [-0.4, -0.2) is 27.4 Å². The van der Waals surface area contributed by atoms with E-state index in [2.05, 4.69) is 5.32 Å². The minimum Gasteiger partial charge on any atom is -0.349 e. The van der Waals surface area contributed by atoms with E-state index in [1.54, 1.807) is 12.1 Å². The van der Waals surface area contributed by atoms with E-state index in [0.717, 1.165) is 36.8 Å². The van der Waals surface area contributed by atoms with E-state index in [1.807, 2.05) is 42.5 Å². The van der Waals surface area contributed by atoms with Gasteiger partial charge in [-0.25, -0.2) is 8.42 Å². The van der Waals surface area contributed by atoms with Crippen molar-refractivity contribution in [3.8, 4) is 0 Å². The van der Waals surface area contributed by atoms with Crippen molar-refractivity contribution < 1.29 is 13.2 Å². The molecule has 0 aromatic heterocycles. The molecule has 4 rings (SSSR count). The molecular weight excluding hydrogens is 372 g/mol. The summed E-state index contributed by atoms with van der Waals surface area (Å²) in [4.78, 5) is 13.1. The fraction of sp³-hybridized carbons (Fsp3) is 0.318. The second-order valence-electron chi connectivity index (χ2n) is 7.37. The molecule has 2 aliphatic rings. The molecule has 5 nitrogen and oxygen atoms in total. The van der Waals surface area contributed by atoms with Gasteiger partial charge in [-0.1, -0.05) is 67.8 Å². The molecule has 0 saturated heterocycles. The second-order valence-corrected chi connectivity index (χ2v) is 9.27. The van der Waals surface area contributed by atoms with E-state index >= 15 is 0 Å². The number of para-hydroxylation sites is 1. The maximum Gasteiger partial charge on any atom is 0.270 e. The monoisotopic (exact) mass is 396 g/mol. The molecule has 28 heavy (non-hydrogen) atoms. The molecule has 0 atom stereocenters. The van der Waals surface area contributed by atoms with Crippen LogP contribution in [0.15, 0.2) is 59.5 Å². The van der Waals surface area contributed by atoms with Crippen molar-refractivity contribution in [2.75, 3.05) is 11.4 Å². The van der Waals surface area contributed by atoms with E-state index in [1.165, 1.54) is 17.8 Å². The fourth-order valence-electron chi connectivity index (χ4n) is 4.10. The molecule has 0 bridgehead atoms. The van der Waals surface area contributed by atoms with Crippen LogP contribution < -0.4 is 9.62 Å². The summed E-state index contributed by atoms with van der Waals surface area (Å²) in [6.45, 7) is 0. The first-order valence-corrected chi connectivity index (χ1v) is 11.1. The Balaban J connectivity index is 1.90. The average molecular weight is 397 g/mol. The fourth-order valence-corrected chi connectivity index (χ4v) is 5.57. The Bertz CT molecular complexity index is 1020. The third kappa shape index (κ3) is 3.22. The summed E-state index contributed by atoms with van der Waals surface area (Å²) < 4.78 is 27.9. The van der Waals surface area contributed by atoms with Gasteiger partial charge in [-0.3, -0.25) is 9.10 Å². The van der Waals surface area contributed by atoms with Gasteiger partial charge < -0.3 is 5.32 Å². The number of nitrogens with one attached hydrogen (secondary N) is 1. The van der Waals surface area contributed by atoms with Crippen LogP contribution in [0, 0.1) is 0 Å². The summed E-state index contributed by atoms with van der Waals surface area (Å²) in [5.74, 6) is -0.507. The predicted octanol–water partition coefficient (Wildman–Crippen LogP) is 3.67. The van der Waals surface area contributed by atoms with Crippen molar-refractivity contribution >= 4 is 27.2 Å². The van der Waals surface area contributed by atoms with Gasteiger partial charge in [0.05, 0.1) is 5.69 Å². The number of amides is 1. The normalized spacial score (nSPS) is 19.2. The first-order valence-electron chi connectivity index (χ1n) is 9.69. The zero-order chi connectivity index (χ0) is 19.7. The quantitative estimate of drug-likeness (QED) is 0.861. The number of hydrogen-bond acceptors (Lipinski definition) is 3. The molecule has 1 N–H and O–H groups in total. The van der Waals surface area contributed by atoms with Gasteiger partial charge in [-0.05, 0) is 24.5 Å². The van der Waals surface area contributed by atoms with E-state index in [0.29, 0.717) is 11.3 Å². The number of fused-ring (bicyclic) bond motifs is 1. The maximum atomic E-state index is 13.3. The van der Waals surface area contributed by atoms with Crippen molar-refractivity contribution in [3.63, 3.8) is 0 Å². The van der Waals surface area contributed by atoms with Crippen LogP contribution in [0.25, 0.3) is 5.57 Å². The van der Waals surface area contributed by atoms with Crippen molar-refractivity contribution in [2.45, 2.75) is 38.1 Å². The van der Waals surface area contributed by atoms with Crippen molar-refractivity contribution in [3.05, 3.63) is 70.6 Å². The highest BCUT2D eigenvalue weighted by Gasteiger charge is 2.40. The summed E-state index contributed by atoms with van der Waals surface area (Å²) in [5.41, 5.74) is 2.53. The molecule has 6 heteroatoms. The van der Waals surface area contributed by atoms with Gasteiger partial charge in [-0.15, -0.1) is 0 Å². The van der Waals surface area contributed by atoms with Crippen molar-refractivity contribution in [1.82, 2.24) is 5.32 Å². The zero-order valence-corrected chi connectivity index (χ0v) is 16.7. The summed E-state index contributed by atoms with van der Waals surface area (Å²) in [7, 11) is -2.46. The van der Waals surface area contributed by atoms with Crippen molar-refractivity contribution in [1.29, 1.82) is 0 Å².